The molecule has 0 bridgehead atoms. The zero-order valence-electron chi connectivity index (χ0n) is 13.1. The number of benzene rings is 1. The normalized spacial score (nSPS) is 11.0. The van der Waals surface area contributed by atoms with Gasteiger partial charge in [-0.15, -0.1) is 0 Å². The van der Waals surface area contributed by atoms with Gasteiger partial charge in [0.25, 0.3) is 0 Å². The summed E-state index contributed by atoms with van der Waals surface area (Å²) in [6.07, 6.45) is 1.07. The van der Waals surface area contributed by atoms with Crippen molar-refractivity contribution < 1.29 is 0 Å². The SMILES string of the molecule is CCCNc1cc(C(C)C)nc(-c2ccc(Cl)cc2C)n1. The largest absolute Gasteiger partial charge is 0.370 e. The summed E-state index contributed by atoms with van der Waals surface area (Å²) in [7, 11) is 0. The highest BCUT2D eigenvalue weighted by molar-refractivity contribution is 6.30. The van der Waals surface area contributed by atoms with Crippen LogP contribution in [-0.4, -0.2) is 16.5 Å². The predicted octanol–water partition coefficient (Wildman–Crippen LogP) is 5.05. The minimum absolute atomic E-state index is 0.363. The number of anilines is 1. The van der Waals surface area contributed by atoms with E-state index in [-0.39, 0.29) is 0 Å². The average molecular weight is 304 g/mol. The van der Waals surface area contributed by atoms with E-state index in [9.17, 15) is 0 Å². The summed E-state index contributed by atoms with van der Waals surface area (Å²) >= 11 is 6.03. The van der Waals surface area contributed by atoms with E-state index in [1.165, 1.54) is 0 Å². The second-order valence-electron chi connectivity index (χ2n) is 5.54. The van der Waals surface area contributed by atoms with E-state index in [1.54, 1.807) is 0 Å². The molecule has 2 rings (SSSR count). The maximum absolute atomic E-state index is 6.03. The molecule has 1 N–H and O–H groups in total. The van der Waals surface area contributed by atoms with Crippen molar-refractivity contribution in [2.24, 2.45) is 0 Å². The van der Waals surface area contributed by atoms with E-state index < -0.39 is 0 Å². The van der Waals surface area contributed by atoms with Gasteiger partial charge in [0.15, 0.2) is 5.82 Å². The lowest BCUT2D eigenvalue weighted by Crippen LogP contribution is -2.06. The minimum atomic E-state index is 0.363. The number of nitrogens with one attached hydrogen (secondary N) is 1. The molecule has 0 spiro atoms. The van der Waals surface area contributed by atoms with Crippen LogP contribution in [-0.2, 0) is 0 Å². The molecule has 112 valence electrons. The maximum Gasteiger partial charge on any atom is 0.162 e. The van der Waals surface area contributed by atoms with Crippen molar-refractivity contribution >= 4 is 17.4 Å². The van der Waals surface area contributed by atoms with Gasteiger partial charge >= 0.3 is 0 Å². The summed E-state index contributed by atoms with van der Waals surface area (Å²) in [5.74, 6) is 2.01. The molecule has 1 aromatic carbocycles. The average Bonchev–Trinajstić information content (AvgIpc) is 2.44. The van der Waals surface area contributed by atoms with Crippen LogP contribution >= 0.6 is 11.6 Å². The molecular weight excluding hydrogens is 282 g/mol. The molecule has 0 aliphatic rings. The third-order valence-corrected chi connectivity index (χ3v) is 3.56. The van der Waals surface area contributed by atoms with Crippen molar-refractivity contribution in [2.45, 2.75) is 40.0 Å². The van der Waals surface area contributed by atoms with Crippen molar-refractivity contribution in [2.75, 3.05) is 11.9 Å². The number of halogens is 1. The predicted molar refractivity (Wildman–Crippen MR) is 90.1 cm³/mol. The molecule has 0 amide bonds. The summed E-state index contributed by atoms with van der Waals surface area (Å²) in [5.41, 5.74) is 3.17. The molecule has 0 aliphatic carbocycles. The number of aromatic nitrogens is 2. The molecule has 4 heteroatoms. The second kappa shape index (κ2) is 6.90. The molecule has 0 fully saturated rings. The van der Waals surface area contributed by atoms with Crippen LogP contribution in [0.15, 0.2) is 24.3 Å². The Kier molecular flexibility index (Phi) is 5.18. The van der Waals surface area contributed by atoms with Crippen molar-refractivity contribution in [1.82, 2.24) is 9.97 Å². The molecule has 0 aliphatic heterocycles. The van der Waals surface area contributed by atoms with Crippen molar-refractivity contribution in [3.8, 4) is 11.4 Å². The van der Waals surface area contributed by atoms with Gasteiger partial charge in [0.1, 0.15) is 5.82 Å². The fourth-order valence-electron chi connectivity index (χ4n) is 2.10. The standard InChI is InChI=1S/C17H22ClN3/c1-5-8-19-16-10-15(11(2)3)20-17(21-16)14-7-6-13(18)9-12(14)4/h6-7,9-11H,5,8H2,1-4H3,(H,19,20,21). The van der Waals surface area contributed by atoms with Gasteiger partial charge in [-0.25, -0.2) is 9.97 Å². The monoisotopic (exact) mass is 303 g/mol. The molecule has 0 unspecified atom stereocenters. The van der Waals surface area contributed by atoms with E-state index in [4.69, 9.17) is 16.6 Å². The first kappa shape index (κ1) is 15.8. The van der Waals surface area contributed by atoms with Gasteiger partial charge in [-0.2, -0.15) is 0 Å². The summed E-state index contributed by atoms with van der Waals surface area (Å²) in [4.78, 5) is 9.36. The van der Waals surface area contributed by atoms with Crippen LogP contribution in [0.5, 0.6) is 0 Å². The Balaban J connectivity index is 2.48. The Bertz CT molecular complexity index is 623. The van der Waals surface area contributed by atoms with E-state index >= 15 is 0 Å². The summed E-state index contributed by atoms with van der Waals surface area (Å²) in [5, 5.41) is 4.09. The Hall–Kier alpha value is -1.61. The van der Waals surface area contributed by atoms with Gasteiger partial charge in [-0.05, 0) is 43.0 Å². The molecule has 1 heterocycles. The Labute approximate surface area is 131 Å². The van der Waals surface area contributed by atoms with Gasteiger partial charge < -0.3 is 5.32 Å². The number of aryl methyl sites for hydroxylation is 1. The first-order chi connectivity index (χ1) is 10.0. The van der Waals surface area contributed by atoms with Crippen LogP contribution in [0.1, 0.15) is 44.4 Å². The van der Waals surface area contributed by atoms with Crippen LogP contribution in [0.3, 0.4) is 0 Å². The van der Waals surface area contributed by atoms with Gasteiger partial charge in [-0.1, -0.05) is 32.4 Å². The summed E-state index contributed by atoms with van der Waals surface area (Å²) < 4.78 is 0. The van der Waals surface area contributed by atoms with Gasteiger partial charge in [0.2, 0.25) is 0 Å². The molecule has 21 heavy (non-hydrogen) atoms. The first-order valence-electron chi connectivity index (χ1n) is 7.40. The molecule has 1 aromatic heterocycles. The van der Waals surface area contributed by atoms with Crippen molar-refractivity contribution in [3.05, 3.63) is 40.5 Å². The first-order valence-corrected chi connectivity index (χ1v) is 7.78. The van der Waals surface area contributed by atoms with Crippen LogP contribution < -0.4 is 5.32 Å². The van der Waals surface area contributed by atoms with Crippen LogP contribution in [0.25, 0.3) is 11.4 Å². The Morgan fingerprint density at radius 2 is 1.95 bits per heavy atom. The molecule has 2 aromatic rings. The quantitative estimate of drug-likeness (QED) is 0.840. The highest BCUT2D eigenvalue weighted by Gasteiger charge is 2.11. The van der Waals surface area contributed by atoms with E-state index in [2.05, 4.69) is 31.1 Å². The highest BCUT2D eigenvalue weighted by Crippen LogP contribution is 2.26. The second-order valence-corrected chi connectivity index (χ2v) is 5.98. The maximum atomic E-state index is 6.03. The summed E-state index contributed by atoms with van der Waals surface area (Å²) in [6.45, 7) is 9.37. The fourth-order valence-corrected chi connectivity index (χ4v) is 2.33. The van der Waals surface area contributed by atoms with Gasteiger partial charge in [0.05, 0.1) is 0 Å². The van der Waals surface area contributed by atoms with Crippen LogP contribution in [0.2, 0.25) is 5.02 Å². The molecular formula is C17H22ClN3. The molecule has 0 saturated heterocycles. The zero-order valence-corrected chi connectivity index (χ0v) is 13.8. The molecule has 3 nitrogen and oxygen atoms in total. The lowest BCUT2D eigenvalue weighted by atomic mass is 10.1. The lowest BCUT2D eigenvalue weighted by Gasteiger charge is -2.13. The van der Waals surface area contributed by atoms with E-state index in [0.29, 0.717) is 5.92 Å². The van der Waals surface area contributed by atoms with Gasteiger partial charge in [0, 0.05) is 28.9 Å². The molecule has 0 atom stereocenters. The van der Waals surface area contributed by atoms with Crippen molar-refractivity contribution in [1.29, 1.82) is 0 Å². The summed E-state index contributed by atoms with van der Waals surface area (Å²) in [6, 6.07) is 7.85. The lowest BCUT2D eigenvalue weighted by molar-refractivity contribution is 0.815. The number of nitrogens with zero attached hydrogens (tertiary/aromatic N) is 2. The number of hydrogen-bond acceptors (Lipinski definition) is 3. The Morgan fingerprint density at radius 1 is 1.19 bits per heavy atom. The smallest absolute Gasteiger partial charge is 0.162 e. The molecule has 0 radical (unpaired) electrons. The highest BCUT2D eigenvalue weighted by atomic mass is 35.5. The number of rotatable bonds is 5. The fraction of sp³-hybridized carbons (Fsp3) is 0.412. The topological polar surface area (TPSA) is 37.8 Å². The third-order valence-electron chi connectivity index (χ3n) is 3.32. The molecule has 0 saturated carbocycles. The third kappa shape index (κ3) is 3.94. The van der Waals surface area contributed by atoms with Gasteiger partial charge in [-0.3, -0.25) is 0 Å². The number of hydrogen-bond donors (Lipinski definition) is 1. The van der Waals surface area contributed by atoms with Crippen molar-refractivity contribution in [3.63, 3.8) is 0 Å². The Morgan fingerprint density at radius 3 is 2.57 bits per heavy atom. The van der Waals surface area contributed by atoms with E-state index in [0.717, 1.165) is 46.5 Å². The van der Waals surface area contributed by atoms with Crippen LogP contribution in [0, 0.1) is 6.92 Å². The minimum Gasteiger partial charge on any atom is -0.370 e. The van der Waals surface area contributed by atoms with Crippen LogP contribution in [0.4, 0.5) is 5.82 Å². The zero-order chi connectivity index (χ0) is 15.4. The van der Waals surface area contributed by atoms with E-state index in [1.807, 2.05) is 31.2 Å².